The number of H-pyrrole nitrogens is 1. The number of hydrogen-bond donors (Lipinski definition) is 1. The smallest absolute Gasteiger partial charge is 0.169 e. The molecule has 3 nitrogen and oxygen atoms in total. The molecule has 0 unspecified atom stereocenters. The molecule has 0 aliphatic heterocycles. The Morgan fingerprint density at radius 1 is 1.64 bits per heavy atom. The number of carbonyl (C=O) groups excluding carboxylic acids is 1. The SMILES string of the molecule is O=C(c1cn[nH]c1)C1CCC1. The lowest BCUT2D eigenvalue weighted by Gasteiger charge is -2.22. The Kier molecular flexibility index (Phi) is 1.49. The molecule has 1 heterocycles. The highest BCUT2D eigenvalue weighted by Gasteiger charge is 2.26. The van der Waals surface area contributed by atoms with E-state index in [2.05, 4.69) is 10.2 Å². The number of aromatic nitrogens is 2. The number of nitrogens with zero attached hydrogens (tertiary/aromatic N) is 1. The van der Waals surface area contributed by atoms with Gasteiger partial charge in [0.1, 0.15) is 0 Å². The molecule has 1 saturated carbocycles. The van der Waals surface area contributed by atoms with Crippen molar-refractivity contribution in [1.29, 1.82) is 0 Å². The summed E-state index contributed by atoms with van der Waals surface area (Å²) >= 11 is 0. The summed E-state index contributed by atoms with van der Waals surface area (Å²) in [6, 6.07) is 0. The van der Waals surface area contributed by atoms with E-state index in [-0.39, 0.29) is 11.7 Å². The minimum Gasteiger partial charge on any atom is -0.294 e. The highest BCUT2D eigenvalue weighted by Crippen LogP contribution is 2.29. The van der Waals surface area contributed by atoms with Gasteiger partial charge in [-0.2, -0.15) is 5.10 Å². The molecular formula is C8H10N2O. The minimum atomic E-state index is 0.255. The molecule has 1 aliphatic rings. The van der Waals surface area contributed by atoms with E-state index in [1.54, 1.807) is 12.4 Å². The summed E-state index contributed by atoms with van der Waals surface area (Å²) in [4.78, 5) is 11.4. The highest BCUT2D eigenvalue weighted by molar-refractivity contribution is 5.97. The predicted molar refractivity (Wildman–Crippen MR) is 40.3 cm³/mol. The molecule has 1 aromatic rings. The molecule has 3 heteroatoms. The Morgan fingerprint density at radius 2 is 2.45 bits per heavy atom. The summed E-state index contributed by atoms with van der Waals surface area (Å²) in [5.41, 5.74) is 0.731. The second-order valence-corrected chi connectivity index (χ2v) is 2.98. The van der Waals surface area contributed by atoms with Crippen molar-refractivity contribution in [3.05, 3.63) is 18.0 Å². The summed E-state index contributed by atoms with van der Waals surface area (Å²) < 4.78 is 0. The summed E-state index contributed by atoms with van der Waals surface area (Å²) in [5, 5.41) is 6.38. The van der Waals surface area contributed by atoms with E-state index in [9.17, 15) is 4.79 Å². The van der Waals surface area contributed by atoms with Gasteiger partial charge >= 0.3 is 0 Å². The molecule has 1 aromatic heterocycles. The van der Waals surface area contributed by atoms with Crippen LogP contribution in [0.3, 0.4) is 0 Å². The van der Waals surface area contributed by atoms with Crippen molar-refractivity contribution in [1.82, 2.24) is 10.2 Å². The fourth-order valence-corrected chi connectivity index (χ4v) is 1.29. The molecule has 0 amide bonds. The van der Waals surface area contributed by atoms with Crippen LogP contribution in [0.4, 0.5) is 0 Å². The van der Waals surface area contributed by atoms with E-state index >= 15 is 0 Å². The number of rotatable bonds is 2. The quantitative estimate of drug-likeness (QED) is 0.647. The van der Waals surface area contributed by atoms with Gasteiger partial charge in [0.25, 0.3) is 0 Å². The summed E-state index contributed by atoms with van der Waals surface area (Å²) in [7, 11) is 0. The predicted octanol–water partition coefficient (Wildman–Crippen LogP) is 1.39. The standard InChI is InChI=1S/C8H10N2O/c11-8(6-2-1-3-6)7-4-9-10-5-7/h4-6H,1-3H2,(H,9,10). The molecule has 0 radical (unpaired) electrons. The molecule has 11 heavy (non-hydrogen) atoms. The lowest BCUT2D eigenvalue weighted by Crippen LogP contribution is -2.21. The zero-order valence-corrected chi connectivity index (χ0v) is 6.21. The van der Waals surface area contributed by atoms with Gasteiger partial charge in [0, 0.05) is 12.1 Å². The third-order valence-electron chi connectivity index (χ3n) is 2.26. The van der Waals surface area contributed by atoms with Crippen LogP contribution >= 0.6 is 0 Å². The van der Waals surface area contributed by atoms with Crippen molar-refractivity contribution in [2.24, 2.45) is 5.92 Å². The maximum Gasteiger partial charge on any atom is 0.169 e. The second kappa shape index (κ2) is 2.49. The van der Waals surface area contributed by atoms with Gasteiger partial charge in [-0.05, 0) is 12.8 Å². The average molecular weight is 150 g/mol. The topological polar surface area (TPSA) is 45.8 Å². The lowest BCUT2D eigenvalue weighted by molar-refractivity contribution is 0.0855. The van der Waals surface area contributed by atoms with Crippen LogP contribution in [0.15, 0.2) is 12.4 Å². The third kappa shape index (κ3) is 1.06. The Labute approximate surface area is 64.8 Å². The van der Waals surface area contributed by atoms with Gasteiger partial charge in [-0.1, -0.05) is 6.42 Å². The van der Waals surface area contributed by atoms with Gasteiger partial charge in [0.15, 0.2) is 5.78 Å². The molecule has 1 N–H and O–H groups in total. The van der Waals surface area contributed by atoms with Gasteiger partial charge in [-0.15, -0.1) is 0 Å². The van der Waals surface area contributed by atoms with Crippen LogP contribution in [0.25, 0.3) is 0 Å². The lowest BCUT2D eigenvalue weighted by atomic mass is 9.80. The van der Waals surface area contributed by atoms with Crippen molar-refractivity contribution < 1.29 is 4.79 Å². The summed E-state index contributed by atoms with van der Waals surface area (Å²) in [6.45, 7) is 0. The van der Waals surface area contributed by atoms with E-state index in [4.69, 9.17) is 0 Å². The zero-order valence-electron chi connectivity index (χ0n) is 6.21. The Balaban J connectivity index is 2.10. The van der Waals surface area contributed by atoms with Crippen molar-refractivity contribution in [3.8, 4) is 0 Å². The largest absolute Gasteiger partial charge is 0.294 e. The number of carbonyl (C=O) groups is 1. The number of Topliss-reactive ketones (excluding diaryl/α,β-unsaturated/α-hetero) is 1. The van der Waals surface area contributed by atoms with Crippen LogP contribution in [-0.2, 0) is 0 Å². The van der Waals surface area contributed by atoms with E-state index in [1.165, 1.54) is 6.42 Å². The zero-order chi connectivity index (χ0) is 7.68. The van der Waals surface area contributed by atoms with Crippen molar-refractivity contribution in [3.63, 3.8) is 0 Å². The Hall–Kier alpha value is -1.12. The molecule has 0 bridgehead atoms. The molecule has 2 rings (SSSR count). The van der Waals surface area contributed by atoms with Crippen molar-refractivity contribution in [2.45, 2.75) is 19.3 Å². The fourth-order valence-electron chi connectivity index (χ4n) is 1.29. The Morgan fingerprint density at radius 3 is 2.91 bits per heavy atom. The van der Waals surface area contributed by atoms with Gasteiger partial charge in [0.2, 0.25) is 0 Å². The van der Waals surface area contributed by atoms with E-state index < -0.39 is 0 Å². The molecule has 58 valence electrons. The normalized spacial score (nSPS) is 17.8. The number of aromatic amines is 1. The maximum atomic E-state index is 11.4. The first-order valence-corrected chi connectivity index (χ1v) is 3.91. The van der Waals surface area contributed by atoms with Gasteiger partial charge in [-0.3, -0.25) is 9.89 Å². The van der Waals surface area contributed by atoms with E-state index in [0.717, 1.165) is 18.4 Å². The first kappa shape index (κ1) is 6.58. The van der Waals surface area contributed by atoms with Crippen molar-refractivity contribution >= 4 is 5.78 Å². The number of hydrogen-bond acceptors (Lipinski definition) is 2. The molecule has 1 fully saturated rings. The molecule has 0 atom stereocenters. The summed E-state index contributed by atoms with van der Waals surface area (Å²) in [5.74, 6) is 0.539. The van der Waals surface area contributed by atoms with Gasteiger partial charge in [-0.25, -0.2) is 0 Å². The molecule has 1 aliphatic carbocycles. The molecule has 0 saturated heterocycles. The summed E-state index contributed by atoms with van der Waals surface area (Å²) in [6.07, 6.45) is 6.59. The average Bonchev–Trinajstić information content (AvgIpc) is 2.32. The van der Waals surface area contributed by atoms with Crippen LogP contribution in [0.5, 0.6) is 0 Å². The second-order valence-electron chi connectivity index (χ2n) is 2.98. The van der Waals surface area contributed by atoms with Gasteiger partial charge < -0.3 is 0 Å². The Bertz CT molecular complexity index is 249. The van der Waals surface area contributed by atoms with Crippen LogP contribution in [0.2, 0.25) is 0 Å². The first-order chi connectivity index (χ1) is 5.38. The number of ketones is 1. The molecule has 0 spiro atoms. The van der Waals surface area contributed by atoms with Crippen LogP contribution in [-0.4, -0.2) is 16.0 Å². The fraction of sp³-hybridized carbons (Fsp3) is 0.500. The van der Waals surface area contributed by atoms with E-state index in [1.807, 2.05) is 0 Å². The van der Waals surface area contributed by atoms with Gasteiger partial charge in [0.05, 0.1) is 11.8 Å². The maximum absolute atomic E-state index is 11.4. The molecule has 0 aromatic carbocycles. The molecular weight excluding hydrogens is 140 g/mol. The number of nitrogens with one attached hydrogen (secondary N) is 1. The van der Waals surface area contributed by atoms with Crippen LogP contribution in [0, 0.1) is 5.92 Å². The highest BCUT2D eigenvalue weighted by atomic mass is 16.1. The van der Waals surface area contributed by atoms with Crippen LogP contribution < -0.4 is 0 Å². The minimum absolute atomic E-state index is 0.255. The van der Waals surface area contributed by atoms with Crippen LogP contribution in [0.1, 0.15) is 29.6 Å². The van der Waals surface area contributed by atoms with E-state index in [0.29, 0.717) is 0 Å². The van der Waals surface area contributed by atoms with Crippen molar-refractivity contribution in [2.75, 3.05) is 0 Å². The first-order valence-electron chi connectivity index (χ1n) is 3.91. The third-order valence-corrected chi connectivity index (χ3v) is 2.26. The monoisotopic (exact) mass is 150 g/mol.